The van der Waals surface area contributed by atoms with Crippen molar-refractivity contribution < 1.29 is 5.11 Å². The lowest BCUT2D eigenvalue weighted by Crippen LogP contribution is -2.34. The topological polar surface area (TPSA) is 45.2 Å². The fourth-order valence-corrected chi connectivity index (χ4v) is 1.23. The Balaban J connectivity index is 2.39. The van der Waals surface area contributed by atoms with Crippen molar-refractivity contribution in [2.45, 2.75) is 32.9 Å². The zero-order chi connectivity index (χ0) is 10.6. The molecule has 0 fully saturated rings. The summed E-state index contributed by atoms with van der Waals surface area (Å²) in [5, 5.41) is 12.7. The van der Waals surface area contributed by atoms with Crippen LogP contribution in [0, 0.1) is 6.92 Å². The van der Waals surface area contributed by atoms with E-state index in [1.807, 2.05) is 19.3 Å². The Kier molecular flexibility index (Phi) is 3.61. The zero-order valence-electron chi connectivity index (χ0n) is 9.04. The SMILES string of the molecule is Cc1cncc(CNCC(C)(C)O)c1. The van der Waals surface area contributed by atoms with Crippen molar-refractivity contribution in [3.05, 3.63) is 29.6 Å². The molecule has 1 rings (SSSR count). The van der Waals surface area contributed by atoms with Gasteiger partial charge in [0, 0.05) is 25.5 Å². The second-order valence-electron chi connectivity index (χ2n) is 4.29. The van der Waals surface area contributed by atoms with Crippen molar-refractivity contribution >= 4 is 0 Å². The third-order valence-corrected chi connectivity index (χ3v) is 1.82. The summed E-state index contributed by atoms with van der Waals surface area (Å²) < 4.78 is 0. The molecule has 0 amide bonds. The Bertz CT molecular complexity index is 292. The van der Waals surface area contributed by atoms with Gasteiger partial charge in [-0.2, -0.15) is 0 Å². The van der Waals surface area contributed by atoms with Gasteiger partial charge in [0.25, 0.3) is 0 Å². The first-order valence-corrected chi connectivity index (χ1v) is 4.81. The van der Waals surface area contributed by atoms with E-state index in [1.54, 1.807) is 13.8 Å². The molecule has 1 heterocycles. The van der Waals surface area contributed by atoms with Gasteiger partial charge in [-0.25, -0.2) is 0 Å². The van der Waals surface area contributed by atoms with Gasteiger partial charge in [-0.3, -0.25) is 4.98 Å². The number of pyridine rings is 1. The van der Waals surface area contributed by atoms with Crippen LogP contribution in [0.15, 0.2) is 18.5 Å². The number of aryl methyl sites for hydroxylation is 1. The van der Waals surface area contributed by atoms with Crippen LogP contribution < -0.4 is 5.32 Å². The average molecular weight is 194 g/mol. The molecule has 0 saturated carbocycles. The summed E-state index contributed by atoms with van der Waals surface area (Å²) in [6.45, 7) is 6.93. The Morgan fingerprint density at radius 3 is 2.71 bits per heavy atom. The van der Waals surface area contributed by atoms with Gasteiger partial charge in [0.2, 0.25) is 0 Å². The molecular formula is C11H18N2O. The number of hydrogen-bond acceptors (Lipinski definition) is 3. The highest BCUT2D eigenvalue weighted by molar-refractivity contribution is 5.16. The molecule has 0 unspecified atom stereocenters. The first kappa shape index (κ1) is 11.1. The van der Waals surface area contributed by atoms with Crippen molar-refractivity contribution in [1.29, 1.82) is 0 Å². The molecular weight excluding hydrogens is 176 g/mol. The van der Waals surface area contributed by atoms with E-state index in [4.69, 9.17) is 0 Å². The molecule has 1 aromatic heterocycles. The monoisotopic (exact) mass is 194 g/mol. The maximum absolute atomic E-state index is 9.47. The highest BCUT2D eigenvalue weighted by atomic mass is 16.3. The van der Waals surface area contributed by atoms with Crippen molar-refractivity contribution in [3.8, 4) is 0 Å². The molecule has 78 valence electrons. The van der Waals surface area contributed by atoms with Gasteiger partial charge in [-0.1, -0.05) is 6.07 Å². The molecule has 3 heteroatoms. The minimum Gasteiger partial charge on any atom is -0.389 e. The average Bonchev–Trinajstić information content (AvgIpc) is 2.01. The van der Waals surface area contributed by atoms with Gasteiger partial charge < -0.3 is 10.4 Å². The Morgan fingerprint density at radius 1 is 1.43 bits per heavy atom. The zero-order valence-corrected chi connectivity index (χ0v) is 9.04. The molecule has 0 spiro atoms. The van der Waals surface area contributed by atoms with Gasteiger partial charge in [-0.15, -0.1) is 0 Å². The molecule has 0 atom stereocenters. The van der Waals surface area contributed by atoms with Gasteiger partial charge in [-0.05, 0) is 31.9 Å². The van der Waals surface area contributed by atoms with E-state index in [2.05, 4.69) is 16.4 Å². The lowest BCUT2D eigenvalue weighted by Gasteiger charge is -2.17. The first-order chi connectivity index (χ1) is 6.47. The van der Waals surface area contributed by atoms with Crippen molar-refractivity contribution in [2.24, 2.45) is 0 Å². The fourth-order valence-electron chi connectivity index (χ4n) is 1.23. The van der Waals surface area contributed by atoms with Crippen molar-refractivity contribution in [3.63, 3.8) is 0 Å². The summed E-state index contributed by atoms with van der Waals surface area (Å²) in [6.07, 6.45) is 3.67. The van der Waals surface area contributed by atoms with Crippen molar-refractivity contribution in [2.75, 3.05) is 6.54 Å². The normalized spacial score (nSPS) is 11.7. The molecule has 2 N–H and O–H groups in total. The van der Waals surface area contributed by atoms with Crippen molar-refractivity contribution in [1.82, 2.24) is 10.3 Å². The van der Waals surface area contributed by atoms with Gasteiger partial charge in [0.05, 0.1) is 5.60 Å². The summed E-state index contributed by atoms with van der Waals surface area (Å²) in [4.78, 5) is 4.10. The van der Waals surface area contributed by atoms with Crippen LogP contribution in [-0.2, 0) is 6.54 Å². The van der Waals surface area contributed by atoms with Crippen LogP contribution in [0.25, 0.3) is 0 Å². The van der Waals surface area contributed by atoms with Gasteiger partial charge in [0.1, 0.15) is 0 Å². The molecule has 14 heavy (non-hydrogen) atoms. The molecule has 0 bridgehead atoms. The summed E-state index contributed by atoms with van der Waals surface area (Å²) in [6, 6.07) is 2.09. The smallest absolute Gasteiger partial charge is 0.0715 e. The fraction of sp³-hybridized carbons (Fsp3) is 0.545. The maximum atomic E-state index is 9.47. The van der Waals surface area contributed by atoms with E-state index < -0.39 is 5.60 Å². The predicted molar refractivity (Wildman–Crippen MR) is 57.0 cm³/mol. The summed E-state index contributed by atoms with van der Waals surface area (Å²) in [7, 11) is 0. The lowest BCUT2D eigenvalue weighted by molar-refractivity contribution is 0.0795. The highest BCUT2D eigenvalue weighted by Gasteiger charge is 2.10. The largest absolute Gasteiger partial charge is 0.389 e. The van der Waals surface area contributed by atoms with Gasteiger partial charge >= 0.3 is 0 Å². The van der Waals surface area contributed by atoms with E-state index in [1.165, 1.54) is 0 Å². The number of nitrogens with one attached hydrogen (secondary N) is 1. The minimum absolute atomic E-state index is 0.584. The maximum Gasteiger partial charge on any atom is 0.0715 e. The Hall–Kier alpha value is -0.930. The van der Waals surface area contributed by atoms with E-state index in [9.17, 15) is 5.11 Å². The third kappa shape index (κ3) is 4.35. The summed E-state index contributed by atoms with van der Waals surface area (Å²) >= 11 is 0. The molecule has 0 aliphatic carbocycles. The molecule has 0 saturated heterocycles. The molecule has 0 aliphatic heterocycles. The number of hydrogen-bond donors (Lipinski definition) is 2. The number of aliphatic hydroxyl groups is 1. The quantitative estimate of drug-likeness (QED) is 0.758. The molecule has 0 aromatic carbocycles. The predicted octanol–water partition coefficient (Wildman–Crippen LogP) is 1.25. The first-order valence-electron chi connectivity index (χ1n) is 4.81. The summed E-state index contributed by atoms with van der Waals surface area (Å²) in [5.41, 5.74) is 1.65. The van der Waals surface area contributed by atoms with Crippen LogP contribution in [0.3, 0.4) is 0 Å². The standard InChI is InChI=1S/C11H18N2O/c1-9-4-10(6-12-5-9)7-13-8-11(2,3)14/h4-6,13-14H,7-8H2,1-3H3. The molecule has 1 aromatic rings. The van der Waals surface area contributed by atoms with Crippen LogP contribution >= 0.6 is 0 Å². The molecule has 3 nitrogen and oxygen atoms in total. The summed E-state index contributed by atoms with van der Waals surface area (Å²) in [5.74, 6) is 0. The highest BCUT2D eigenvalue weighted by Crippen LogP contribution is 2.02. The van der Waals surface area contributed by atoms with Crippen LogP contribution in [0.4, 0.5) is 0 Å². The van der Waals surface area contributed by atoms with Crippen LogP contribution in [0.2, 0.25) is 0 Å². The lowest BCUT2D eigenvalue weighted by atomic mass is 10.1. The van der Waals surface area contributed by atoms with Crippen LogP contribution in [0.5, 0.6) is 0 Å². The number of nitrogens with zero attached hydrogens (tertiary/aromatic N) is 1. The van der Waals surface area contributed by atoms with Gasteiger partial charge in [0.15, 0.2) is 0 Å². The number of aromatic nitrogens is 1. The third-order valence-electron chi connectivity index (χ3n) is 1.82. The van der Waals surface area contributed by atoms with E-state index in [0.717, 1.165) is 17.7 Å². The van der Waals surface area contributed by atoms with E-state index in [-0.39, 0.29) is 0 Å². The molecule has 0 radical (unpaired) electrons. The second-order valence-corrected chi connectivity index (χ2v) is 4.29. The minimum atomic E-state index is -0.656. The Morgan fingerprint density at radius 2 is 2.14 bits per heavy atom. The van der Waals surface area contributed by atoms with E-state index >= 15 is 0 Å². The second kappa shape index (κ2) is 4.53. The molecule has 0 aliphatic rings. The van der Waals surface area contributed by atoms with Crippen LogP contribution in [-0.4, -0.2) is 22.2 Å². The van der Waals surface area contributed by atoms with E-state index in [0.29, 0.717) is 6.54 Å². The number of rotatable bonds is 4. The van der Waals surface area contributed by atoms with Crippen LogP contribution in [0.1, 0.15) is 25.0 Å². The Labute approximate surface area is 85.2 Å².